The number of hydrogen-bond donors (Lipinski definition) is 1. The second-order valence-electron chi connectivity index (χ2n) is 5.12. The van der Waals surface area contributed by atoms with Crippen LogP contribution in [0.15, 0.2) is 29.2 Å². The Hall–Kier alpha value is -0.910. The van der Waals surface area contributed by atoms with E-state index in [9.17, 15) is 8.42 Å². The largest absolute Gasteiger partial charge is 0.326 e. The zero-order valence-corrected chi connectivity index (χ0v) is 12.2. The van der Waals surface area contributed by atoms with Crippen molar-refractivity contribution in [1.29, 1.82) is 0 Å². The smallest absolute Gasteiger partial charge is 0.243 e. The van der Waals surface area contributed by atoms with Crippen LogP contribution in [0.2, 0.25) is 0 Å². The first-order chi connectivity index (χ1) is 9.07. The van der Waals surface area contributed by atoms with Gasteiger partial charge in [0.05, 0.1) is 4.90 Å². The van der Waals surface area contributed by atoms with Crippen molar-refractivity contribution in [3.05, 3.63) is 29.8 Å². The van der Waals surface area contributed by atoms with Gasteiger partial charge < -0.3 is 5.73 Å². The second kappa shape index (κ2) is 6.03. The molecule has 1 aromatic carbocycles. The first kappa shape index (κ1) is 14.5. The van der Waals surface area contributed by atoms with Crippen LogP contribution in [0.5, 0.6) is 0 Å². The number of benzene rings is 1. The number of nitrogens with two attached hydrogens (primary N) is 1. The molecule has 0 heterocycles. The normalized spacial score (nSPS) is 17.8. The summed E-state index contributed by atoms with van der Waals surface area (Å²) in [6.07, 6.45) is 5.36. The van der Waals surface area contributed by atoms with Crippen LogP contribution in [0.25, 0.3) is 0 Å². The molecule has 0 radical (unpaired) electrons. The van der Waals surface area contributed by atoms with E-state index in [2.05, 4.69) is 0 Å². The van der Waals surface area contributed by atoms with Crippen LogP contribution in [0.1, 0.15) is 37.7 Å². The Morgan fingerprint density at radius 2 is 1.84 bits per heavy atom. The zero-order valence-electron chi connectivity index (χ0n) is 11.4. The van der Waals surface area contributed by atoms with Gasteiger partial charge in [0.25, 0.3) is 0 Å². The van der Waals surface area contributed by atoms with Crippen LogP contribution in [0.4, 0.5) is 0 Å². The maximum Gasteiger partial charge on any atom is 0.243 e. The molecule has 0 spiro atoms. The lowest BCUT2D eigenvalue weighted by molar-refractivity contribution is 0.285. The highest BCUT2D eigenvalue weighted by molar-refractivity contribution is 7.89. The van der Waals surface area contributed by atoms with Gasteiger partial charge in [-0.25, -0.2) is 8.42 Å². The van der Waals surface area contributed by atoms with Gasteiger partial charge in [-0.2, -0.15) is 4.31 Å². The van der Waals surface area contributed by atoms with E-state index in [4.69, 9.17) is 5.73 Å². The van der Waals surface area contributed by atoms with Gasteiger partial charge in [0.15, 0.2) is 0 Å². The molecule has 19 heavy (non-hydrogen) atoms. The summed E-state index contributed by atoms with van der Waals surface area (Å²) in [5.74, 6) is 0. The molecule has 1 fully saturated rings. The minimum absolute atomic E-state index is 0.129. The highest BCUT2D eigenvalue weighted by atomic mass is 32.2. The molecule has 0 saturated heterocycles. The van der Waals surface area contributed by atoms with Crippen LogP contribution in [-0.4, -0.2) is 25.8 Å². The van der Waals surface area contributed by atoms with Gasteiger partial charge in [0.1, 0.15) is 0 Å². The molecule has 1 aromatic rings. The van der Waals surface area contributed by atoms with Crippen molar-refractivity contribution in [3.63, 3.8) is 0 Å². The summed E-state index contributed by atoms with van der Waals surface area (Å²) in [7, 11) is -1.73. The van der Waals surface area contributed by atoms with Crippen LogP contribution < -0.4 is 5.73 Å². The molecule has 1 aliphatic carbocycles. The van der Waals surface area contributed by atoms with E-state index in [-0.39, 0.29) is 12.6 Å². The van der Waals surface area contributed by atoms with Crippen molar-refractivity contribution in [2.75, 3.05) is 7.05 Å². The first-order valence-corrected chi connectivity index (χ1v) is 8.27. The van der Waals surface area contributed by atoms with E-state index < -0.39 is 10.0 Å². The van der Waals surface area contributed by atoms with Crippen LogP contribution in [0.3, 0.4) is 0 Å². The van der Waals surface area contributed by atoms with Gasteiger partial charge >= 0.3 is 0 Å². The molecule has 2 N–H and O–H groups in total. The Kier molecular flexibility index (Phi) is 4.60. The predicted octanol–water partition coefficient (Wildman–Crippen LogP) is 2.10. The Morgan fingerprint density at radius 3 is 2.47 bits per heavy atom. The Labute approximate surface area is 115 Å². The minimum Gasteiger partial charge on any atom is -0.326 e. The lowest BCUT2D eigenvalue weighted by atomic mass is 9.96. The molecule has 5 heteroatoms. The van der Waals surface area contributed by atoms with Crippen LogP contribution >= 0.6 is 0 Å². The predicted molar refractivity (Wildman–Crippen MR) is 76.2 cm³/mol. The third-order valence-electron chi connectivity index (χ3n) is 3.94. The molecule has 0 bridgehead atoms. The maximum atomic E-state index is 12.7. The standard InChI is InChI=1S/C14H22N2O2S/c1-16(13-8-3-2-4-9-13)19(17,18)14-10-6-5-7-12(14)11-15/h5-7,10,13H,2-4,8-9,11,15H2,1H3. The molecule has 1 saturated carbocycles. The van der Waals surface area contributed by atoms with Crippen molar-refractivity contribution >= 4 is 10.0 Å². The number of nitrogens with zero attached hydrogens (tertiary/aromatic N) is 1. The molecule has 0 aliphatic heterocycles. The quantitative estimate of drug-likeness (QED) is 0.920. The molecule has 106 valence electrons. The molecule has 0 aromatic heterocycles. The lowest BCUT2D eigenvalue weighted by Gasteiger charge is -2.30. The topological polar surface area (TPSA) is 63.4 Å². The summed E-state index contributed by atoms with van der Waals surface area (Å²) >= 11 is 0. The van der Waals surface area contributed by atoms with Gasteiger partial charge in [0.2, 0.25) is 10.0 Å². The Morgan fingerprint density at radius 1 is 1.21 bits per heavy atom. The van der Waals surface area contributed by atoms with E-state index >= 15 is 0 Å². The average Bonchev–Trinajstić information content (AvgIpc) is 2.47. The van der Waals surface area contributed by atoms with Crippen molar-refractivity contribution in [1.82, 2.24) is 4.31 Å². The third kappa shape index (κ3) is 2.99. The van der Waals surface area contributed by atoms with Crippen molar-refractivity contribution < 1.29 is 8.42 Å². The minimum atomic E-state index is -3.43. The number of sulfonamides is 1. The van der Waals surface area contributed by atoms with Gasteiger partial charge in [-0.1, -0.05) is 37.5 Å². The van der Waals surface area contributed by atoms with Crippen molar-refractivity contribution in [2.45, 2.75) is 49.6 Å². The van der Waals surface area contributed by atoms with Gasteiger partial charge in [0, 0.05) is 19.6 Å². The van der Waals surface area contributed by atoms with E-state index in [1.807, 2.05) is 6.07 Å². The summed E-state index contributed by atoms with van der Waals surface area (Å²) < 4.78 is 26.9. The fraction of sp³-hybridized carbons (Fsp3) is 0.571. The molecular weight excluding hydrogens is 260 g/mol. The Bertz CT molecular complexity index is 522. The molecule has 0 atom stereocenters. The highest BCUT2D eigenvalue weighted by Crippen LogP contribution is 2.27. The Balaban J connectivity index is 2.30. The van der Waals surface area contributed by atoms with Crippen molar-refractivity contribution in [2.24, 2.45) is 5.73 Å². The maximum absolute atomic E-state index is 12.7. The monoisotopic (exact) mass is 282 g/mol. The molecule has 0 amide bonds. The number of hydrogen-bond acceptors (Lipinski definition) is 3. The average molecular weight is 282 g/mol. The summed E-state index contributed by atoms with van der Waals surface area (Å²) in [6, 6.07) is 7.13. The fourth-order valence-corrected chi connectivity index (χ4v) is 4.37. The second-order valence-corrected chi connectivity index (χ2v) is 7.09. The van der Waals surface area contributed by atoms with E-state index in [0.717, 1.165) is 25.7 Å². The molecule has 1 aliphatic rings. The summed E-state index contributed by atoms with van der Waals surface area (Å²) in [5, 5.41) is 0. The van der Waals surface area contributed by atoms with E-state index in [0.29, 0.717) is 10.5 Å². The molecule has 4 nitrogen and oxygen atoms in total. The van der Waals surface area contributed by atoms with E-state index in [1.165, 1.54) is 6.42 Å². The SMILES string of the molecule is CN(C1CCCCC1)S(=O)(=O)c1ccccc1CN. The molecular formula is C14H22N2O2S. The third-order valence-corrected chi connectivity index (χ3v) is 5.95. The lowest BCUT2D eigenvalue weighted by Crippen LogP contribution is -2.38. The van der Waals surface area contributed by atoms with Gasteiger partial charge in [-0.3, -0.25) is 0 Å². The fourth-order valence-electron chi connectivity index (χ4n) is 2.72. The van der Waals surface area contributed by atoms with Crippen LogP contribution in [-0.2, 0) is 16.6 Å². The first-order valence-electron chi connectivity index (χ1n) is 6.83. The summed E-state index contributed by atoms with van der Waals surface area (Å²) in [5.41, 5.74) is 6.33. The van der Waals surface area contributed by atoms with Gasteiger partial charge in [-0.15, -0.1) is 0 Å². The van der Waals surface area contributed by atoms with Gasteiger partial charge in [-0.05, 0) is 24.5 Å². The summed E-state index contributed by atoms with van der Waals surface area (Å²) in [6.45, 7) is 0.244. The number of rotatable bonds is 4. The molecule has 2 rings (SSSR count). The zero-order chi connectivity index (χ0) is 13.9. The van der Waals surface area contributed by atoms with Crippen LogP contribution in [0, 0.1) is 0 Å². The van der Waals surface area contributed by atoms with E-state index in [1.54, 1.807) is 29.6 Å². The van der Waals surface area contributed by atoms with Crippen molar-refractivity contribution in [3.8, 4) is 0 Å². The highest BCUT2D eigenvalue weighted by Gasteiger charge is 2.30. The molecule has 0 unspecified atom stereocenters. The summed E-state index contributed by atoms with van der Waals surface area (Å²) in [4.78, 5) is 0.352.